The fourth-order valence-corrected chi connectivity index (χ4v) is 9.34. The zero-order valence-electron chi connectivity index (χ0n) is 20.1. The molecule has 0 bridgehead atoms. The van der Waals surface area contributed by atoms with Gasteiger partial charge in [-0.1, -0.05) is 53.9 Å². The third kappa shape index (κ3) is 3.07. The van der Waals surface area contributed by atoms with Crippen LogP contribution >= 0.6 is 0 Å². The molecule has 4 aliphatic carbocycles. The van der Waals surface area contributed by atoms with Crippen molar-refractivity contribution < 1.29 is 4.79 Å². The second-order valence-corrected chi connectivity index (χ2v) is 13.0. The van der Waals surface area contributed by atoms with Gasteiger partial charge in [0.25, 0.3) is 0 Å². The first-order valence-corrected chi connectivity index (χ1v) is 13.2. The first-order valence-electron chi connectivity index (χ1n) is 13.2. The first kappa shape index (κ1) is 21.1. The number of carbonyl (C=O) groups excluding carboxylic acids is 1. The summed E-state index contributed by atoms with van der Waals surface area (Å²) in [5.74, 6) is 5.74. The van der Waals surface area contributed by atoms with Gasteiger partial charge in [-0.15, -0.1) is 0 Å². The van der Waals surface area contributed by atoms with E-state index in [2.05, 4.69) is 34.6 Å². The quantitative estimate of drug-likeness (QED) is 0.462. The third-order valence-electron chi connectivity index (χ3n) is 11.1. The molecule has 3 nitrogen and oxygen atoms in total. The molecular formula is C27H44N2O. The molecule has 0 radical (unpaired) electrons. The lowest BCUT2D eigenvalue weighted by Gasteiger charge is -2.61. The van der Waals surface area contributed by atoms with Crippen molar-refractivity contribution in [1.82, 2.24) is 0 Å². The van der Waals surface area contributed by atoms with Gasteiger partial charge in [-0.3, -0.25) is 4.79 Å². The van der Waals surface area contributed by atoms with Crippen molar-refractivity contribution in [2.45, 2.75) is 111 Å². The van der Waals surface area contributed by atoms with Crippen LogP contribution in [0.1, 0.15) is 105 Å². The lowest BCUT2D eigenvalue weighted by atomic mass is 9.42. The van der Waals surface area contributed by atoms with Crippen molar-refractivity contribution in [3.63, 3.8) is 0 Å². The molecule has 1 aliphatic heterocycles. The zero-order valence-corrected chi connectivity index (χ0v) is 20.1. The van der Waals surface area contributed by atoms with Gasteiger partial charge in [0.1, 0.15) is 5.78 Å². The summed E-state index contributed by atoms with van der Waals surface area (Å²) in [5.41, 5.74) is 0.723. The molecule has 0 aromatic heterocycles. The fraction of sp³-hybridized carbons (Fsp3) is 0.963. The summed E-state index contributed by atoms with van der Waals surface area (Å²) in [5, 5.41) is 9.54. The van der Waals surface area contributed by atoms with Crippen LogP contribution in [0.25, 0.3) is 0 Å². The molecule has 1 heterocycles. The summed E-state index contributed by atoms with van der Waals surface area (Å²) < 4.78 is 0. The van der Waals surface area contributed by atoms with Gasteiger partial charge >= 0.3 is 0 Å². The van der Waals surface area contributed by atoms with Crippen LogP contribution in [0.15, 0.2) is 10.2 Å². The molecule has 1 spiro atoms. The standard InChI is InChI=1S/C27H44N2O/c1-17(2)7-6-8-18(3)21-9-10-22-24-23(12-14-26(21,22)5)25(4)13-11-20(30)15-19(25)16-27(24)28-29-27/h17-19,21-24H,6-16H2,1-5H3/t18-,19-,21-,22+,23+,24+,25+,26-/m1/s1. The Bertz CT molecular complexity index is 722. The normalized spacial score (nSPS) is 47.1. The average Bonchev–Trinajstić information content (AvgIpc) is 3.35. The minimum Gasteiger partial charge on any atom is -0.300 e. The SMILES string of the molecule is CC(C)CCC[C@@H](C)[C@H]1CC[C@H]2[C@H]3[C@H](CC[C@]12C)[C@@]1(C)CCC(=O)C[C@@H]1CC31N=N1. The van der Waals surface area contributed by atoms with Gasteiger partial charge in [0.05, 0.1) is 0 Å². The smallest absolute Gasteiger partial charge is 0.194 e. The van der Waals surface area contributed by atoms with Crippen LogP contribution in [-0.4, -0.2) is 11.4 Å². The molecular weight excluding hydrogens is 368 g/mol. The summed E-state index contributed by atoms with van der Waals surface area (Å²) in [4.78, 5) is 12.3. The summed E-state index contributed by atoms with van der Waals surface area (Å²) in [6, 6.07) is 0. The van der Waals surface area contributed by atoms with Crippen LogP contribution in [0.2, 0.25) is 0 Å². The second kappa shape index (κ2) is 7.14. The molecule has 168 valence electrons. The predicted molar refractivity (Wildman–Crippen MR) is 121 cm³/mol. The number of fused-ring (bicyclic) bond motifs is 6. The van der Waals surface area contributed by atoms with Crippen molar-refractivity contribution in [2.24, 2.45) is 62.5 Å². The summed E-state index contributed by atoms with van der Waals surface area (Å²) in [7, 11) is 0. The van der Waals surface area contributed by atoms with E-state index in [1.807, 2.05) is 0 Å². The fourth-order valence-electron chi connectivity index (χ4n) is 9.34. The largest absolute Gasteiger partial charge is 0.300 e. The Labute approximate surface area is 184 Å². The van der Waals surface area contributed by atoms with Gasteiger partial charge in [-0.25, -0.2) is 0 Å². The average molecular weight is 413 g/mol. The van der Waals surface area contributed by atoms with E-state index in [9.17, 15) is 4.79 Å². The molecule has 0 unspecified atom stereocenters. The van der Waals surface area contributed by atoms with E-state index in [0.29, 0.717) is 28.4 Å². The van der Waals surface area contributed by atoms with Crippen LogP contribution in [0.3, 0.4) is 0 Å². The highest BCUT2D eigenvalue weighted by atomic mass is 16.1. The van der Waals surface area contributed by atoms with Gasteiger partial charge in [-0.05, 0) is 78.4 Å². The number of rotatable bonds is 5. The predicted octanol–water partition coefficient (Wildman–Crippen LogP) is 7.45. The summed E-state index contributed by atoms with van der Waals surface area (Å²) >= 11 is 0. The van der Waals surface area contributed by atoms with Gasteiger partial charge in [0.15, 0.2) is 5.66 Å². The highest BCUT2D eigenvalue weighted by molar-refractivity contribution is 5.79. The number of Topliss-reactive ketones (excluding diaryl/α,β-unsaturated/α-hetero) is 1. The van der Waals surface area contributed by atoms with Crippen molar-refractivity contribution in [1.29, 1.82) is 0 Å². The minimum atomic E-state index is -0.103. The maximum absolute atomic E-state index is 12.3. The van der Waals surface area contributed by atoms with Crippen molar-refractivity contribution in [2.75, 3.05) is 0 Å². The molecule has 0 aromatic rings. The maximum atomic E-state index is 12.3. The second-order valence-electron chi connectivity index (χ2n) is 13.0. The van der Waals surface area contributed by atoms with E-state index in [-0.39, 0.29) is 5.66 Å². The van der Waals surface area contributed by atoms with Crippen LogP contribution in [0.5, 0.6) is 0 Å². The van der Waals surface area contributed by atoms with E-state index >= 15 is 0 Å². The lowest BCUT2D eigenvalue weighted by molar-refractivity contribution is -0.148. The topological polar surface area (TPSA) is 41.8 Å². The van der Waals surface area contributed by atoms with E-state index in [1.165, 1.54) is 44.9 Å². The Morgan fingerprint density at radius 3 is 2.40 bits per heavy atom. The van der Waals surface area contributed by atoms with Crippen LogP contribution in [-0.2, 0) is 4.79 Å². The van der Waals surface area contributed by atoms with Gasteiger partial charge in [0, 0.05) is 25.2 Å². The molecule has 0 aromatic carbocycles. The van der Waals surface area contributed by atoms with Crippen molar-refractivity contribution in [3.8, 4) is 0 Å². The van der Waals surface area contributed by atoms with Crippen LogP contribution < -0.4 is 0 Å². The Morgan fingerprint density at radius 2 is 1.70 bits per heavy atom. The first-order chi connectivity index (χ1) is 14.2. The molecule has 0 N–H and O–H groups in total. The van der Waals surface area contributed by atoms with E-state index < -0.39 is 0 Å². The molecule has 8 atom stereocenters. The Kier molecular flexibility index (Phi) is 5.03. The molecule has 5 aliphatic rings. The lowest BCUT2D eigenvalue weighted by Crippen LogP contribution is -2.59. The van der Waals surface area contributed by atoms with Gasteiger partial charge in [-0.2, -0.15) is 10.2 Å². The number of carbonyl (C=O) groups is 1. The molecule has 5 rings (SSSR count). The van der Waals surface area contributed by atoms with Gasteiger partial charge in [0.2, 0.25) is 0 Å². The van der Waals surface area contributed by atoms with Crippen LogP contribution in [0, 0.1) is 52.3 Å². The van der Waals surface area contributed by atoms with Gasteiger partial charge < -0.3 is 0 Å². The highest BCUT2D eigenvalue weighted by Crippen LogP contribution is 2.72. The monoisotopic (exact) mass is 412 g/mol. The number of nitrogens with zero attached hydrogens (tertiary/aromatic N) is 2. The molecule has 3 heteroatoms. The highest BCUT2D eigenvalue weighted by Gasteiger charge is 2.70. The maximum Gasteiger partial charge on any atom is 0.194 e. The Morgan fingerprint density at radius 1 is 0.967 bits per heavy atom. The number of ketones is 1. The molecule has 30 heavy (non-hydrogen) atoms. The van der Waals surface area contributed by atoms with E-state index in [1.54, 1.807) is 0 Å². The minimum absolute atomic E-state index is 0.103. The molecule has 0 saturated heterocycles. The summed E-state index contributed by atoms with van der Waals surface area (Å²) in [6.07, 6.45) is 13.5. The zero-order chi connectivity index (χ0) is 21.3. The molecule has 4 fully saturated rings. The molecule has 4 saturated carbocycles. The van der Waals surface area contributed by atoms with Crippen molar-refractivity contribution in [3.05, 3.63) is 0 Å². The number of hydrogen-bond acceptors (Lipinski definition) is 3. The van der Waals surface area contributed by atoms with E-state index in [0.717, 1.165) is 55.3 Å². The van der Waals surface area contributed by atoms with E-state index in [4.69, 9.17) is 10.2 Å². The van der Waals surface area contributed by atoms with Crippen LogP contribution in [0.4, 0.5) is 0 Å². The van der Waals surface area contributed by atoms with Crippen molar-refractivity contribution >= 4 is 5.78 Å². The molecule has 0 amide bonds. The Balaban J connectivity index is 1.38. The third-order valence-corrected chi connectivity index (χ3v) is 11.1. The summed E-state index contributed by atoms with van der Waals surface area (Å²) in [6.45, 7) is 12.5. The Hall–Kier alpha value is -0.730. The number of hydrogen-bond donors (Lipinski definition) is 0.